The van der Waals surface area contributed by atoms with E-state index in [1.807, 2.05) is 0 Å². The van der Waals surface area contributed by atoms with Crippen molar-refractivity contribution in [1.82, 2.24) is 0 Å². The van der Waals surface area contributed by atoms with Gasteiger partial charge in [-0.25, -0.2) is 4.39 Å². The van der Waals surface area contributed by atoms with Crippen LogP contribution in [-0.2, 0) is 4.79 Å². The second kappa shape index (κ2) is 8.72. The zero-order valence-electron chi connectivity index (χ0n) is 11.1. The van der Waals surface area contributed by atoms with Gasteiger partial charge in [0.2, 0.25) is 5.91 Å². The third kappa shape index (κ3) is 5.89. The first-order chi connectivity index (χ1) is 8.54. The molecular formula is C13H20ClFN2O2. The maximum absolute atomic E-state index is 12.0. The number of benzene rings is 1. The van der Waals surface area contributed by atoms with Gasteiger partial charge in [0.15, 0.2) is 0 Å². The SMILES string of the molecule is CC(N)C(C)C(=O)Nc1cccc(OCCF)c1.Cl. The molecule has 0 spiro atoms. The van der Waals surface area contributed by atoms with E-state index in [-0.39, 0.29) is 36.9 Å². The predicted molar refractivity (Wildman–Crippen MR) is 76.6 cm³/mol. The summed E-state index contributed by atoms with van der Waals surface area (Å²) in [5.41, 5.74) is 6.27. The van der Waals surface area contributed by atoms with Crippen LogP contribution in [0.25, 0.3) is 0 Å². The third-order valence-electron chi connectivity index (χ3n) is 2.65. The Bertz CT molecular complexity index is 402. The number of hydrogen-bond acceptors (Lipinski definition) is 3. The highest BCUT2D eigenvalue weighted by Gasteiger charge is 2.16. The van der Waals surface area contributed by atoms with Gasteiger partial charge in [0.1, 0.15) is 19.0 Å². The minimum absolute atomic E-state index is 0. The van der Waals surface area contributed by atoms with Crippen molar-refractivity contribution in [2.24, 2.45) is 11.7 Å². The standard InChI is InChI=1S/C13H19FN2O2.ClH/c1-9(10(2)15)13(17)16-11-4-3-5-12(8-11)18-7-6-14;/h3-5,8-10H,6-7,15H2,1-2H3,(H,16,17);1H. The Kier molecular flexibility index (Phi) is 8.11. The Morgan fingerprint density at radius 2 is 2.16 bits per heavy atom. The highest BCUT2D eigenvalue weighted by molar-refractivity contribution is 5.92. The molecule has 1 aromatic rings. The number of hydrogen-bond donors (Lipinski definition) is 2. The fourth-order valence-electron chi connectivity index (χ4n) is 1.31. The summed E-state index contributed by atoms with van der Waals surface area (Å²) in [5.74, 6) is 0.104. The molecule has 0 heterocycles. The molecule has 1 rings (SSSR count). The fraction of sp³-hybridized carbons (Fsp3) is 0.462. The molecule has 108 valence electrons. The summed E-state index contributed by atoms with van der Waals surface area (Å²) in [6, 6.07) is 6.63. The molecule has 0 aromatic heterocycles. The van der Waals surface area contributed by atoms with Crippen LogP contribution in [0, 0.1) is 5.92 Å². The molecule has 0 aliphatic rings. The van der Waals surface area contributed by atoms with Gasteiger partial charge in [-0.05, 0) is 19.1 Å². The van der Waals surface area contributed by atoms with E-state index >= 15 is 0 Å². The highest BCUT2D eigenvalue weighted by atomic mass is 35.5. The zero-order valence-corrected chi connectivity index (χ0v) is 11.9. The van der Waals surface area contributed by atoms with E-state index in [9.17, 15) is 9.18 Å². The summed E-state index contributed by atoms with van der Waals surface area (Å²) in [5, 5.41) is 2.75. The monoisotopic (exact) mass is 290 g/mol. The quantitative estimate of drug-likeness (QED) is 0.845. The summed E-state index contributed by atoms with van der Waals surface area (Å²) in [6.45, 7) is 3.01. The highest BCUT2D eigenvalue weighted by Crippen LogP contribution is 2.18. The average molecular weight is 291 g/mol. The number of amides is 1. The number of nitrogens with one attached hydrogen (secondary N) is 1. The number of rotatable bonds is 6. The fourth-order valence-corrected chi connectivity index (χ4v) is 1.31. The molecule has 1 aromatic carbocycles. The summed E-state index contributed by atoms with van der Waals surface area (Å²) >= 11 is 0. The van der Waals surface area contributed by atoms with Crippen LogP contribution in [0.2, 0.25) is 0 Å². The Labute approximate surface area is 118 Å². The number of nitrogens with two attached hydrogens (primary N) is 1. The van der Waals surface area contributed by atoms with E-state index in [1.54, 1.807) is 38.1 Å². The number of anilines is 1. The maximum Gasteiger partial charge on any atom is 0.228 e. The van der Waals surface area contributed by atoms with Gasteiger partial charge in [-0.1, -0.05) is 13.0 Å². The molecule has 1 amide bonds. The average Bonchev–Trinajstić information content (AvgIpc) is 2.35. The number of alkyl halides is 1. The minimum Gasteiger partial charge on any atom is -0.491 e. The van der Waals surface area contributed by atoms with Crippen LogP contribution >= 0.6 is 12.4 Å². The van der Waals surface area contributed by atoms with Gasteiger partial charge < -0.3 is 15.8 Å². The van der Waals surface area contributed by atoms with Crippen LogP contribution < -0.4 is 15.8 Å². The topological polar surface area (TPSA) is 64.4 Å². The van der Waals surface area contributed by atoms with Crippen molar-refractivity contribution < 1.29 is 13.9 Å². The lowest BCUT2D eigenvalue weighted by atomic mass is 10.0. The molecule has 6 heteroatoms. The molecule has 19 heavy (non-hydrogen) atoms. The van der Waals surface area contributed by atoms with Crippen molar-refractivity contribution in [3.05, 3.63) is 24.3 Å². The molecule has 2 unspecified atom stereocenters. The lowest BCUT2D eigenvalue weighted by Crippen LogP contribution is -2.34. The summed E-state index contributed by atoms with van der Waals surface area (Å²) in [4.78, 5) is 11.8. The molecule has 3 N–H and O–H groups in total. The first kappa shape index (κ1) is 17.7. The number of ether oxygens (including phenoxy) is 1. The second-order valence-corrected chi connectivity index (χ2v) is 4.20. The maximum atomic E-state index is 12.0. The Morgan fingerprint density at radius 3 is 2.74 bits per heavy atom. The van der Waals surface area contributed by atoms with Crippen molar-refractivity contribution >= 4 is 24.0 Å². The van der Waals surface area contributed by atoms with E-state index in [2.05, 4.69) is 5.32 Å². The molecular weight excluding hydrogens is 271 g/mol. The molecule has 0 aliphatic heterocycles. The summed E-state index contributed by atoms with van der Waals surface area (Å²) < 4.78 is 17.1. The van der Waals surface area contributed by atoms with Crippen molar-refractivity contribution in [1.29, 1.82) is 0 Å². The molecule has 0 radical (unpaired) electrons. The lowest BCUT2D eigenvalue weighted by Gasteiger charge is -2.15. The molecule has 2 atom stereocenters. The summed E-state index contributed by atoms with van der Waals surface area (Å²) in [7, 11) is 0. The van der Waals surface area contributed by atoms with Crippen molar-refractivity contribution in [3.63, 3.8) is 0 Å². The van der Waals surface area contributed by atoms with Crippen LogP contribution in [0.15, 0.2) is 24.3 Å². The minimum atomic E-state index is -0.543. The molecule has 0 aliphatic carbocycles. The molecule has 0 saturated heterocycles. The van der Waals surface area contributed by atoms with Gasteiger partial charge in [-0.15, -0.1) is 12.4 Å². The lowest BCUT2D eigenvalue weighted by molar-refractivity contribution is -0.119. The summed E-state index contributed by atoms with van der Waals surface area (Å²) in [6.07, 6.45) is 0. The Balaban J connectivity index is 0.00000324. The van der Waals surface area contributed by atoms with Crippen LogP contribution in [-0.4, -0.2) is 25.2 Å². The molecule has 0 bridgehead atoms. The van der Waals surface area contributed by atoms with Gasteiger partial charge in [0.05, 0.1) is 5.92 Å². The second-order valence-electron chi connectivity index (χ2n) is 4.20. The molecule has 0 saturated carbocycles. The Morgan fingerprint density at radius 1 is 1.47 bits per heavy atom. The van der Waals surface area contributed by atoms with Crippen molar-refractivity contribution in [2.45, 2.75) is 19.9 Å². The molecule has 0 fully saturated rings. The number of halogens is 2. The largest absolute Gasteiger partial charge is 0.491 e. The van der Waals surface area contributed by atoms with Gasteiger partial charge in [-0.3, -0.25) is 4.79 Å². The van der Waals surface area contributed by atoms with E-state index in [0.29, 0.717) is 11.4 Å². The van der Waals surface area contributed by atoms with E-state index < -0.39 is 6.67 Å². The van der Waals surface area contributed by atoms with Crippen LogP contribution in [0.5, 0.6) is 5.75 Å². The first-order valence-electron chi connectivity index (χ1n) is 5.90. The van der Waals surface area contributed by atoms with Gasteiger partial charge in [0.25, 0.3) is 0 Å². The zero-order chi connectivity index (χ0) is 13.5. The van der Waals surface area contributed by atoms with Crippen molar-refractivity contribution in [3.8, 4) is 5.75 Å². The van der Waals surface area contributed by atoms with Crippen molar-refractivity contribution in [2.75, 3.05) is 18.6 Å². The Hall–Kier alpha value is -1.33. The van der Waals surface area contributed by atoms with Gasteiger partial charge in [-0.2, -0.15) is 0 Å². The number of carbonyl (C=O) groups is 1. The predicted octanol–water partition coefficient (Wildman–Crippen LogP) is 2.38. The van der Waals surface area contributed by atoms with E-state index in [0.717, 1.165) is 0 Å². The smallest absolute Gasteiger partial charge is 0.228 e. The van der Waals surface area contributed by atoms with Crippen LogP contribution in [0.4, 0.5) is 10.1 Å². The van der Waals surface area contributed by atoms with Gasteiger partial charge in [0, 0.05) is 17.8 Å². The normalized spacial score (nSPS) is 13.1. The molecule has 4 nitrogen and oxygen atoms in total. The third-order valence-corrected chi connectivity index (χ3v) is 2.65. The first-order valence-corrected chi connectivity index (χ1v) is 5.90. The van der Waals surface area contributed by atoms with E-state index in [4.69, 9.17) is 10.5 Å². The number of carbonyl (C=O) groups excluding carboxylic acids is 1. The van der Waals surface area contributed by atoms with E-state index in [1.165, 1.54) is 0 Å². The van der Waals surface area contributed by atoms with Crippen LogP contribution in [0.1, 0.15) is 13.8 Å². The van der Waals surface area contributed by atoms with Gasteiger partial charge >= 0.3 is 0 Å². The van der Waals surface area contributed by atoms with Crippen LogP contribution in [0.3, 0.4) is 0 Å².